The molecule has 0 bridgehead atoms. The summed E-state index contributed by atoms with van der Waals surface area (Å²) in [5, 5.41) is 16.6. The van der Waals surface area contributed by atoms with Gasteiger partial charge in [0.2, 0.25) is 5.91 Å². The fourth-order valence-electron chi connectivity index (χ4n) is 3.94. The third kappa shape index (κ3) is 6.35. The molecule has 5 N–H and O–H groups in total. The van der Waals surface area contributed by atoms with Gasteiger partial charge in [0, 0.05) is 17.2 Å². The lowest BCUT2D eigenvalue weighted by Crippen LogP contribution is -2.52. The molecule has 0 saturated carbocycles. The lowest BCUT2D eigenvalue weighted by molar-refractivity contribution is -0.142. The second-order valence-electron chi connectivity index (χ2n) is 8.30. The molecule has 1 amide bonds. The molecule has 0 aliphatic rings. The van der Waals surface area contributed by atoms with E-state index in [1.165, 1.54) is 0 Å². The summed E-state index contributed by atoms with van der Waals surface area (Å²) < 4.78 is 17.3. The number of hydrogen-bond acceptors (Lipinski definition) is 5. The van der Waals surface area contributed by atoms with Crippen LogP contribution in [0.4, 0.5) is 0 Å². The molecule has 3 aromatic carbocycles. The predicted octanol–water partition coefficient (Wildman–Crippen LogP) is 3.03. The number of rotatable bonds is 10. The molecule has 0 unspecified atom stereocenters. The first-order chi connectivity index (χ1) is 16.7. The highest BCUT2D eigenvalue weighted by atomic mass is 31.2. The number of benzene rings is 3. The fourth-order valence-corrected chi connectivity index (χ4v) is 4.40. The molecule has 1 heterocycles. The van der Waals surface area contributed by atoms with Crippen LogP contribution in [0.15, 0.2) is 77.2 Å². The summed E-state index contributed by atoms with van der Waals surface area (Å²) in [4.78, 5) is 43.5. The van der Waals surface area contributed by atoms with Crippen molar-refractivity contribution < 1.29 is 33.5 Å². The summed E-state index contributed by atoms with van der Waals surface area (Å²) >= 11 is 0. The van der Waals surface area contributed by atoms with E-state index in [0.717, 1.165) is 21.9 Å². The lowest BCUT2D eigenvalue weighted by Gasteiger charge is -2.22. The molecule has 0 saturated heterocycles. The maximum atomic E-state index is 13.1. The minimum absolute atomic E-state index is 0.0660. The molecule has 1 aromatic heterocycles. The topological polar surface area (TPSA) is 149 Å². The molecule has 35 heavy (non-hydrogen) atoms. The molecule has 0 aliphatic carbocycles. The first-order valence-corrected chi connectivity index (χ1v) is 12.7. The van der Waals surface area contributed by atoms with Crippen LogP contribution in [0, 0.1) is 0 Å². The van der Waals surface area contributed by atoms with Crippen molar-refractivity contribution in [3.8, 4) is 0 Å². The smallest absolute Gasteiger partial charge is 0.339 e. The summed E-state index contributed by atoms with van der Waals surface area (Å²) in [7, 11) is -4.46. The summed E-state index contributed by atoms with van der Waals surface area (Å²) in [6.45, 7) is 0. The highest BCUT2D eigenvalue weighted by Crippen LogP contribution is 2.33. The van der Waals surface area contributed by atoms with Crippen molar-refractivity contribution in [2.45, 2.75) is 24.9 Å². The van der Waals surface area contributed by atoms with Crippen molar-refractivity contribution in [2.75, 3.05) is 6.29 Å². The zero-order chi connectivity index (χ0) is 25.0. The molecular weight excluding hydrogens is 471 g/mol. The number of aliphatic carboxylic acids is 1. The summed E-state index contributed by atoms with van der Waals surface area (Å²) in [5.74, 6) is -1.88. The van der Waals surface area contributed by atoms with Crippen molar-refractivity contribution in [2.24, 2.45) is 0 Å². The van der Waals surface area contributed by atoms with Gasteiger partial charge in [0.25, 0.3) is 0 Å². The van der Waals surface area contributed by atoms with Gasteiger partial charge in [-0.15, -0.1) is 0 Å². The van der Waals surface area contributed by atoms with E-state index in [9.17, 15) is 29.0 Å². The number of nitrogens with one attached hydrogen (secondary N) is 2. The van der Waals surface area contributed by atoms with Gasteiger partial charge in [-0.05, 0) is 29.7 Å². The number of furan rings is 1. The molecule has 0 spiro atoms. The van der Waals surface area contributed by atoms with E-state index in [4.69, 9.17) is 4.42 Å². The molecule has 182 valence electrons. The van der Waals surface area contributed by atoms with Gasteiger partial charge >= 0.3 is 13.6 Å². The van der Waals surface area contributed by atoms with E-state index in [2.05, 4.69) is 10.6 Å². The molecule has 10 heteroatoms. The van der Waals surface area contributed by atoms with Crippen molar-refractivity contribution in [1.29, 1.82) is 0 Å². The van der Waals surface area contributed by atoms with E-state index in [1.54, 1.807) is 36.4 Å². The van der Waals surface area contributed by atoms with Crippen LogP contribution in [0.2, 0.25) is 0 Å². The zero-order valence-corrected chi connectivity index (χ0v) is 19.5. The number of hydrogen-bond donors (Lipinski definition) is 5. The second-order valence-corrected chi connectivity index (χ2v) is 9.95. The number of amides is 1. The third-order valence-corrected chi connectivity index (χ3v) is 6.23. The Bertz CT molecular complexity index is 1400. The second kappa shape index (κ2) is 10.4. The largest absolute Gasteiger partial charge is 0.480 e. The first kappa shape index (κ1) is 24.6. The molecule has 9 nitrogen and oxygen atoms in total. The Morgan fingerprint density at radius 1 is 0.829 bits per heavy atom. The first-order valence-electron chi connectivity index (χ1n) is 10.9. The molecule has 4 aromatic rings. The Morgan fingerprint density at radius 2 is 1.49 bits per heavy atom. The molecule has 0 radical (unpaired) electrons. The van der Waals surface area contributed by atoms with Crippen molar-refractivity contribution in [3.63, 3.8) is 0 Å². The van der Waals surface area contributed by atoms with E-state index in [-0.39, 0.29) is 12.8 Å². The number of carboxylic acid groups (broad SMARTS) is 1. The summed E-state index contributed by atoms with van der Waals surface area (Å²) in [5.41, 5.74) is 2.75. The Balaban J connectivity index is 1.55. The van der Waals surface area contributed by atoms with Crippen LogP contribution in [-0.2, 0) is 27.0 Å². The van der Waals surface area contributed by atoms with Gasteiger partial charge in [-0.25, -0.2) is 4.79 Å². The minimum atomic E-state index is -4.46. The third-order valence-electron chi connectivity index (χ3n) is 5.64. The highest BCUT2D eigenvalue weighted by molar-refractivity contribution is 7.51. The molecule has 2 atom stereocenters. The SMILES string of the molecule is O=C(O)[C@H](Cc1ccccc1)NC(=O)[C@H](Cc1ccc2c(c1)oc1ccccc12)NCP(=O)(O)O. The van der Waals surface area contributed by atoms with E-state index < -0.39 is 37.8 Å². The lowest BCUT2D eigenvalue weighted by atomic mass is 10.0. The van der Waals surface area contributed by atoms with Crippen LogP contribution in [0.5, 0.6) is 0 Å². The van der Waals surface area contributed by atoms with Crippen molar-refractivity contribution in [3.05, 3.63) is 83.9 Å². The molecular formula is C25H25N2O7P. The van der Waals surface area contributed by atoms with Gasteiger partial charge in [-0.2, -0.15) is 0 Å². The number of carbonyl (C=O) groups is 2. The summed E-state index contributed by atoms with van der Waals surface area (Å²) in [6.07, 6.45) is -0.594. The number of carbonyl (C=O) groups excluding carboxylic acids is 1. The number of carboxylic acids is 1. The average Bonchev–Trinajstić information content (AvgIpc) is 3.19. The number of para-hydroxylation sites is 1. The van der Waals surface area contributed by atoms with Gasteiger partial charge in [0.15, 0.2) is 0 Å². The zero-order valence-electron chi connectivity index (χ0n) is 18.6. The van der Waals surface area contributed by atoms with E-state index >= 15 is 0 Å². The summed E-state index contributed by atoms with van der Waals surface area (Å²) in [6, 6.07) is 19.6. The van der Waals surface area contributed by atoms with Crippen LogP contribution in [0.25, 0.3) is 21.9 Å². The Morgan fingerprint density at radius 3 is 2.20 bits per heavy atom. The van der Waals surface area contributed by atoms with Crippen LogP contribution in [0.1, 0.15) is 11.1 Å². The van der Waals surface area contributed by atoms with Crippen molar-refractivity contribution >= 4 is 41.4 Å². The standard InChI is InChI=1S/C25H25N2O7P/c28-24(27-21(25(29)30)12-16-6-2-1-3-7-16)20(26-15-35(31,32)33)13-17-10-11-19-18-8-4-5-9-22(18)34-23(19)14-17/h1-11,14,20-21,26H,12-13,15H2,(H,27,28)(H,29,30)(H2,31,32,33)/t20-,21-/m0/s1. The van der Waals surface area contributed by atoms with Crippen molar-refractivity contribution in [1.82, 2.24) is 10.6 Å². The van der Waals surface area contributed by atoms with Gasteiger partial charge in [-0.1, -0.05) is 60.7 Å². The molecule has 4 rings (SSSR count). The van der Waals surface area contributed by atoms with Crippen LogP contribution in [0.3, 0.4) is 0 Å². The monoisotopic (exact) mass is 496 g/mol. The quantitative estimate of drug-likeness (QED) is 0.210. The molecule has 0 aliphatic heterocycles. The Labute approximate surface area is 200 Å². The van der Waals surface area contributed by atoms with Crippen LogP contribution in [-0.4, -0.2) is 45.1 Å². The van der Waals surface area contributed by atoms with E-state index in [1.807, 2.05) is 36.4 Å². The fraction of sp³-hybridized carbons (Fsp3) is 0.200. The maximum Gasteiger partial charge on any atom is 0.339 e. The van der Waals surface area contributed by atoms with E-state index in [0.29, 0.717) is 11.1 Å². The predicted molar refractivity (Wildman–Crippen MR) is 131 cm³/mol. The van der Waals surface area contributed by atoms with Gasteiger partial charge in [0.05, 0.1) is 12.3 Å². The minimum Gasteiger partial charge on any atom is -0.480 e. The number of fused-ring (bicyclic) bond motifs is 3. The Kier molecular flexibility index (Phi) is 7.33. The average molecular weight is 496 g/mol. The normalized spacial score (nSPS) is 13.5. The van der Waals surface area contributed by atoms with Gasteiger partial charge < -0.3 is 24.6 Å². The maximum absolute atomic E-state index is 13.1. The Hall–Kier alpha value is -3.49. The van der Waals surface area contributed by atoms with Gasteiger partial charge in [-0.3, -0.25) is 14.7 Å². The molecule has 0 fully saturated rings. The highest BCUT2D eigenvalue weighted by Gasteiger charge is 2.27. The van der Waals surface area contributed by atoms with Crippen LogP contribution >= 0.6 is 7.60 Å². The van der Waals surface area contributed by atoms with Crippen LogP contribution < -0.4 is 10.6 Å². The van der Waals surface area contributed by atoms with Gasteiger partial charge in [0.1, 0.15) is 17.2 Å².